The molecule has 0 fully saturated rings. The van der Waals surface area contributed by atoms with Crippen LogP contribution in [-0.2, 0) is 11.3 Å². The Morgan fingerprint density at radius 2 is 1.73 bits per heavy atom. The van der Waals surface area contributed by atoms with Gasteiger partial charge in [0.2, 0.25) is 5.91 Å². The second kappa shape index (κ2) is 9.17. The van der Waals surface area contributed by atoms with Gasteiger partial charge in [-0.25, -0.2) is 4.98 Å². The van der Waals surface area contributed by atoms with Crippen LogP contribution in [0.15, 0.2) is 53.6 Å². The number of carbonyl (C=O) groups is 2. The molecule has 2 aromatic heterocycles. The highest BCUT2D eigenvalue weighted by atomic mass is 35.5. The molecule has 2 heterocycles. The van der Waals surface area contributed by atoms with Gasteiger partial charge in [-0.1, -0.05) is 35.9 Å². The van der Waals surface area contributed by atoms with E-state index in [1.54, 1.807) is 32.0 Å². The van der Waals surface area contributed by atoms with E-state index in [0.717, 1.165) is 22.5 Å². The first-order chi connectivity index (χ1) is 15.8. The molecule has 0 atom stereocenters. The van der Waals surface area contributed by atoms with Crippen molar-refractivity contribution in [1.29, 1.82) is 0 Å². The summed E-state index contributed by atoms with van der Waals surface area (Å²) in [5.41, 5.74) is 3.13. The lowest BCUT2D eigenvalue weighted by Gasteiger charge is -2.10. The third-order valence-electron chi connectivity index (χ3n) is 5.37. The molecule has 33 heavy (non-hydrogen) atoms. The van der Waals surface area contributed by atoms with Crippen LogP contribution in [0.1, 0.15) is 26.4 Å². The number of hydrogen-bond donors (Lipinski definition) is 2. The zero-order valence-electron chi connectivity index (χ0n) is 18.2. The second-order valence-electron chi connectivity index (χ2n) is 7.64. The number of fused-ring (bicyclic) bond motifs is 1. The molecule has 0 radical (unpaired) electrons. The van der Waals surface area contributed by atoms with Crippen molar-refractivity contribution in [3.8, 4) is 0 Å². The topological polar surface area (TPSA) is 93.1 Å². The van der Waals surface area contributed by atoms with Crippen molar-refractivity contribution < 1.29 is 9.59 Å². The van der Waals surface area contributed by atoms with E-state index in [0.29, 0.717) is 37.1 Å². The average molecular weight is 481 g/mol. The van der Waals surface area contributed by atoms with E-state index in [9.17, 15) is 14.4 Å². The number of aromatic nitrogens is 2. The first-order valence-corrected chi connectivity index (χ1v) is 11.4. The van der Waals surface area contributed by atoms with Gasteiger partial charge in [0.05, 0.1) is 16.6 Å². The molecular weight excluding hydrogens is 460 g/mol. The number of halogens is 1. The predicted octanol–water partition coefficient (Wildman–Crippen LogP) is 4.93. The minimum absolute atomic E-state index is 0.215. The van der Waals surface area contributed by atoms with Crippen molar-refractivity contribution in [2.45, 2.75) is 27.3 Å². The lowest BCUT2D eigenvalue weighted by molar-refractivity contribution is -0.116. The molecule has 168 valence electrons. The summed E-state index contributed by atoms with van der Waals surface area (Å²) in [4.78, 5) is 43.7. The summed E-state index contributed by atoms with van der Waals surface area (Å²) in [6, 6.07) is 12.7. The number of aryl methyl sites for hydroxylation is 2. The minimum Gasteiger partial charge on any atom is -0.324 e. The maximum atomic E-state index is 13.1. The Hall–Kier alpha value is -3.49. The van der Waals surface area contributed by atoms with E-state index in [2.05, 4.69) is 15.6 Å². The van der Waals surface area contributed by atoms with Crippen molar-refractivity contribution in [2.75, 3.05) is 10.6 Å². The summed E-state index contributed by atoms with van der Waals surface area (Å²) in [5, 5.41) is 6.54. The Morgan fingerprint density at radius 3 is 2.48 bits per heavy atom. The first kappa shape index (κ1) is 22.7. The molecule has 0 saturated carbocycles. The van der Waals surface area contributed by atoms with Gasteiger partial charge < -0.3 is 10.6 Å². The summed E-state index contributed by atoms with van der Waals surface area (Å²) >= 11 is 7.26. The quantitative estimate of drug-likeness (QED) is 0.423. The fourth-order valence-electron chi connectivity index (χ4n) is 3.47. The summed E-state index contributed by atoms with van der Waals surface area (Å²) in [5.74, 6) is -0.682. The van der Waals surface area contributed by atoms with Gasteiger partial charge in [-0.05, 0) is 55.7 Å². The maximum absolute atomic E-state index is 13.1. The van der Waals surface area contributed by atoms with Crippen LogP contribution in [0.2, 0.25) is 5.02 Å². The molecule has 7 nitrogen and oxygen atoms in total. The highest BCUT2D eigenvalue weighted by Gasteiger charge is 2.20. The predicted molar refractivity (Wildman–Crippen MR) is 133 cm³/mol. The van der Waals surface area contributed by atoms with Crippen LogP contribution in [0.4, 0.5) is 11.4 Å². The van der Waals surface area contributed by atoms with Crippen LogP contribution < -0.4 is 16.2 Å². The van der Waals surface area contributed by atoms with E-state index in [4.69, 9.17) is 11.6 Å². The number of nitrogens with zero attached hydrogens (tertiary/aromatic N) is 2. The van der Waals surface area contributed by atoms with Gasteiger partial charge in [-0.15, -0.1) is 11.3 Å². The zero-order valence-corrected chi connectivity index (χ0v) is 19.8. The number of carbonyl (C=O) groups excluding carboxylic acids is 2. The smallest absolute Gasteiger partial charge is 0.266 e. The van der Waals surface area contributed by atoms with Crippen LogP contribution in [0.3, 0.4) is 0 Å². The van der Waals surface area contributed by atoms with E-state index < -0.39 is 0 Å². The van der Waals surface area contributed by atoms with Crippen LogP contribution in [0.25, 0.3) is 10.2 Å². The Morgan fingerprint density at radius 1 is 1.00 bits per heavy atom. The molecule has 2 amide bonds. The number of hydrogen-bond acceptors (Lipinski definition) is 5. The molecular formula is C24H21ClN4O3S. The molecule has 0 unspecified atom stereocenters. The second-order valence-corrected chi connectivity index (χ2v) is 9.05. The zero-order chi connectivity index (χ0) is 23.7. The summed E-state index contributed by atoms with van der Waals surface area (Å²) in [7, 11) is 0. The third-order valence-corrected chi connectivity index (χ3v) is 6.98. The number of nitrogens with one attached hydrogen (secondary N) is 2. The molecule has 2 N–H and O–H groups in total. The molecule has 0 bridgehead atoms. The van der Waals surface area contributed by atoms with Gasteiger partial charge in [-0.3, -0.25) is 19.0 Å². The molecule has 2 aromatic carbocycles. The van der Waals surface area contributed by atoms with Gasteiger partial charge >= 0.3 is 0 Å². The monoisotopic (exact) mass is 480 g/mol. The fourth-order valence-corrected chi connectivity index (χ4v) is 4.68. The van der Waals surface area contributed by atoms with E-state index in [-0.39, 0.29) is 23.9 Å². The molecule has 0 spiro atoms. The minimum atomic E-state index is -0.381. The van der Waals surface area contributed by atoms with Crippen molar-refractivity contribution in [2.24, 2.45) is 0 Å². The van der Waals surface area contributed by atoms with Gasteiger partial charge in [0, 0.05) is 16.4 Å². The molecule has 9 heteroatoms. The SMILES string of the molecule is Cc1ccccc1NC(=O)c1sc2ncn(CC(=O)Nc3cccc(Cl)c3C)c(=O)c2c1C. The van der Waals surface area contributed by atoms with Gasteiger partial charge in [-0.2, -0.15) is 0 Å². The largest absolute Gasteiger partial charge is 0.324 e. The number of rotatable bonds is 5. The van der Waals surface area contributed by atoms with Gasteiger partial charge in [0.25, 0.3) is 11.5 Å². The van der Waals surface area contributed by atoms with Crippen LogP contribution in [0, 0.1) is 20.8 Å². The van der Waals surface area contributed by atoms with Crippen molar-refractivity contribution >= 4 is 56.3 Å². The molecule has 0 aliphatic rings. The Kier molecular flexibility index (Phi) is 6.31. The maximum Gasteiger partial charge on any atom is 0.266 e. The van der Waals surface area contributed by atoms with Crippen molar-refractivity contribution in [3.05, 3.63) is 85.7 Å². The van der Waals surface area contributed by atoms with Gasteiger partial charge in [0.1, 0.15) is 11.4 Å². The number of thiophene rings is 1. The third kappa shape index (κ3) is 4.53. The first-order valence-electron chi connectivity index (χ1n) is 10.2. The Balaban J connectivity index is 1.60. The number of para-hydroxylation sites is 1. The molecule has 4 aromatic rings. The average Bonchev–Trinajstić information content (AvgIpc) is 3.12. The van der Waals surface area contributed by atoms with E-state index in [1.807, 2.05) is 31.2 Å². The van der Waals surface area contributed by atoms with Crippen LogP contribution >= 0.6 is 22.9 Å². The number of benzene rings is 2. The van der Waals surface area contributed by atoms with Gasteiger partial charge in [0.15, 0.2) is 0 Å². The fraction of sp³-hybridized carbons (Fsp3) is 0.167. The summed E-state index contributed by atoms with van der Waals surface area (Å²) < 4.78 is 1.24. The lowest BCUT2D eigenvalue weighted by atomic mass is 10.2. The lowest BCUT2D eigenvalue weighted by Crippen LogP contribution is -2.28. The highest BCUT2D eigenvalue weighted by molar-refractivity contribution is 7.20. The van der Waals surface area contributed by atoms with E-state index in [1.165, 1.54) is 10.9 Å². The summed E-state index contributed by atoms with van der Waals surface area (Å²) in [6.45, 7) is 5.21. The number of anilines is 2. The summed E-state index contributed by atoms with van der Waals surface area (Å²) in [6.07, 6.45) is 1.33. The Bertz CT molecular complexity index is 1460. The van der Waals surface area contributed by atoms with Crippen molar-refractivity contribution in [3.63, 3.8) is 0 Å². The van der Waals surface area contributed by atoms with Crippen molar-refractivity contribution in [1.82, 2.24) is 9.55 Å². The normalized spacial score (nSPS) is 10.9. The number of amides is 2. The standard InChI is InChI=1S/C24H21ClN4O3S/c1-13-7-4-5-9-17(13)28-22(31)21-15(3)20-23(33-21)26-12-29(24(20)32)11-19(30)27-18-10-6-8-16(25)14(18)2/h4-10,12H,11H2,1-3H3,(H,27,30)(H,28,31). The highest BCUT2D eigenvalue weighted by Crippen LogP contribution is 2.28. The molecule has 4 rings (SSSR count). The van der Waals surface area contributed by atoms with Crippen LogP contribution in [-0.4, -0.2) is 21.4 Å². The van der Waals surface area contributed by atoms with E-state index >= 15 is 0 Å². The van der Waals surface area contributed by atoms with Crippen LogP contribution in [0.5, 0.6) is 0 Å². The molecule has 0 aliphatic heterocycles. The molecule has 0 saturated heterocycles. The molecule has 0 aliphatic carbocycles. The Labute approximate surface area is 199 Å².